The number of aliphatic hydroxyl groups is 1. The van der Waals surface area contributed by atoms with Crippen LogP contribution < -0.4 is 0 Å². The van der Waals surface area contributed by atoms with Crippen molar-refractivity contribution >= 4 is 0 Å². The standard InChI is InChI=1S/C30H34O6/c1-2-18-33-29-28(35-21-25-16-10-5-11-17-25)27(34-20-24-14-8-4-9-15-24)26(36-30(29)31)22-32-19-23-12-6-3-7-13-23/h2-17,26-31H,1,18-22H2/t26-,27-,28+,29-,30?/m1/s1. The average Bonchev–Trinajstić information content (AvgIpc) is 2.92. The lowest BCUT2D eigenvalue weighted by Gasteiger charge is -2.44. The summed E-state index contributed by atoms with van der Waals surface area (Å²) in [6, 6.07) is 29.7. The molecule has 4 rings (SSSR count). The summed E-state index contributed by atoms with van der Waals surface area (Å²) in [4.78, 5) is 0. The highest BCUT2D eigenvalue weighted by Gasteiger charge is 2.47. The van der Waals surface area contributed by atoms with E-state index in [2.05, 4.69) is 6.58 Å². The summed E-state index contributed by atoms with van der Waals surface area (Å²) in [5, 5.41) is 10.9. The Hall–Kier alpha value is -2.84. The summed E-state index contributed by atoms with van der Waals surface area (Å²) >= 11 is 0. The van der Waals surface area contributed by atoms with Crippen molar-refractivity contribution in [2.45, 2.75) is 50.5 Å². The van der Waals surface area contributed by atoms with Gasteiger partial charge in [-0.15, -0.1) is 6.58 Å². The Morgan fingerprint density at radius 1 is 0.667 bits per heavy atom. The van der Waals surface area contributed by atoms with E-state index in [9.17, 15) is 5.11 Å². The lowest BCUT2D eigenvalue weighted by atomic mass is 9.98. The molecule has 1 aliphatic rings. The highest BCUT2D eigenvalue weighted by molar-refractivity contribution is 5.15. The zero-order valence-electron chi connectivity index (χ0n) is 20.4. The Bertz CT molecular complexity index is 1010. The third-order valence-corrected chi connectivity index (χ3v) is 5.98. The smallest absolute Gasteiger partial charge is 0.184 e. The topological polar surface area (TPSA) is 66.4 Å². The molecule has 0 aliphatic carbocycles. The molecular weight excluding hydrogens is 456 g/mol. The van der Waals surface area contributed by atoms with Crippen molar-refractivity contribution in [2.75, 3.05) is 13.2 Å². The van der Waals surface area contributed by atoms with Crippen molar-refractivity contribution in [3.63, 3.8) is 0 Å². The minimum absolute atomic E-state index is 0.227. The van der Waals surface area contributed by atoms with Crippen LogP contribution in [0, 0.1) is 0 Å². The Morgan fingerprint density at radius 3 is 1.69 bits per heavy atom. The first-order chi connectivity index (χ1) is 17.7. The number of aliphatic hydroxyl groups excluding tert-OH is 1. The molecule has 1 fully saturated rings. The van der Waals surface area contributed by atoms with Crippen molar-refractivity contribution in [1.29, 1.82) is 0 Å². The molecule has 0 spiro atoms. The van der Waals surface area contributed by atoms with Gasteiger partial charge < -0.3 is 28.8 Å². The lowest BCUT2D eigenvalue weighted by Crippen LogP contribution is -2.61. The highest BCUT2D eigenvalue weighted by atomic mass is 16.7. The van der Waals surface area contributed by atoms with Crippen LogP contribution in [-0.4, -0.2) is 49.0 Å². The molecule has 0 saturated carbocycles. The van der Waals surface area contributed by atoms with E-state index in [1.54, 1.807) is 6.08 Å². The maximum atomic E-state index is 10.9. The second-order valence-electron chi connectivity index (χ2n) is 8.67. The molecule has 0 aromatic heterocycles. The van der Waals surface area contributed by atoms with Gasteiger partial charge in [-0.25, -0.2) is 0 Å². The molecule has 1 unspecified atom stereocenters. The van der Waals surface area contributed by atoms with Crippen molar-refractivity contribution < 1.29 is 28.8 Å². The maximum Gasteiger partial charge on any atom is 0.184 e. The molecule has 36 heavy (non-hydrogen) atoms. The van der Waals surface area contributed by atoms with Gasteiger partial charge in [0.05, 0.1) is 33.0 Å². The summed E-state index contributed by atoms with van der Waals surface area (Å²) in [6.07, 6.45) is -2.01. The van der Waals surface area contributed by atoms with E-state index in [1.807, 2.05) is 91.0 Å². The van der Waals surface area contributed by atoms with Gasteiger partial charge in [0, 0.05) is 0 Å². The van der Waals surface area contributed by atoms with Gasteiger partial charge >= 0.3 is 0 Å². The molecule has 3 aromatic rings. The van der Waals surface area contributed by atoms with Gasteiger partial charge in [-0.2, -0.15) is 0 Å². The van der Waals surface area contributed by atoms with Gasteiger partial charge in [-0.05, 0) is 16.7 Å². The first-order valence-corrected chi connectivity index (χ1v) is 12.2. The predicted octanol–water partition coefficient (Wildman–Crippen LogP) is 4.66. The van der Waals surface area contributed by atoms with Crippen LogP contribution in [0.2, 0.25) is 0 Å². The molecule has 5 atom stereocenters. The van der Waals surface area contributed by atoms with Gasteiger partial charge in [0.25, 0.3) is 0 Å². The number of benzene rings is 3. The fraction of sp³-hybridized carbons (Fsp3) is 0.333. The van der Waals surface area contributed by atoms with Crippen LogP contribution in [0.4, 0.5) is 0 Å². The number of hydrogen-bond acceptors (Lipinski definition) is 6. The number of ether oxygens (including phenoxy) is 5. The third-order valence-electron chi connectivity index (χ3n) is 5.98. The normalized spacial score (nSPS) is 23.9. The largest absolute Gasteiger partial charge is 0.374 e. The van der Waals surface area contributed by atoms with Crippen molar-refractivity contribution in [3.05, 3.63) is 120 Å². The molecule has 1 aliphatic heterocycles. The van der Waals surface area contributed by atoms with Gasteiger partial charge in [-0.3, -0.25) is 0 Å². The molecular formula is C30H34O6. The van der Waals surface area contributed by atoms with E-state index >= 15 is 0 Å². The van der Waals surface area contributed by atoms with E-state index in [0.29, 0.717) is 19.8 Å². The van der Waals surface area contributed by atoms with Crippen LogP contribution in [0.15, 0.2) is 104 Å². The summed E-state index contributed by atoms with van der Waals surface area (Å²) in [5.74, 6) is 0. The summed E-state index contributed by atoms with van der Waals surface area (Å²) in [6.45, 7) is 5.33. The molecule has 0 radical (unpaired) electrons. The van der Waals surface area contributed by atoms with E-state index < -0.39 is 30.7 Å². The third kappa shape index (κ3) is 7.58. The van der Waals surface area contributed by atoms with Crippen LogP contribution in [-0.2, 0) is 43.5 Å². The monoisotopic (exact) mass is 490 g/mol. The van der Waals surface area contributed by atoms with Gasteiger partial charge in [0.1, 0.15) is 24.4 Å². The summed E-state index contributed by atoms with van der Waals surface area (Å²) in [7, 11) is 0. The molecule has 190 valence electrons. The van der Waals surface area contributed by atoms with Crippen LogP contribution in [0.5, 0.6) is 0 Å². The molecule has 0 amide bonds. The zero-order valence-corrected chi connectivity index (χ0v) is 20.4. The number of rotatable bonds is 13. The lowest BCUT2D eigenvalue weighted by molar-refractivity contribution is -0.314. The molecule has 0 bridgehead atoms. The predicted molar refractivity (Wildman–Crippen MR) is 137 cm³/mol. The SMILES string of the molecule is C=CCO[C@H]1C(O)O[C@H](COCc2ccccc2)[C@@H](OCc2ccccc2)[C@@H]1OCc1ccccc1. The molecule has 1 heterocycles. The van der Waals surface area contributed by atoms with E-state index in [4.69, 9.17) is 23.7 Å². The first-order valence-electron chi connectivity index (χ1n) is 12.2. The minimum atomic E-state index is -1.20. The summed E-state index contributed by atoms with van der Waals surface area (Å²) in [5.41, 5.74) is 3.09. The quantitative estimate of drug-likeness (QED) is 0.352. The molecule has 1 saturated heterocycles. The highest BCUT2D eigenvalue weighted by Crippen LogP contribution is 2.29. The van der Waals surface area contributed by atoms with Crippen LogP contribution >= 0.6 is 0 Å². The number of hydrogen-bond donors (Lipinski definition) is 1. The fourth-order valence-corrected chi connectivity index (χ4v) is 4.18. The van der Waals surface area contributed by atoms with E-state index in [0.717, 1.165) is 16.7 Å². The van der Waals surface area contributed by atoms with Crippen LogP contribution in [0.3, 0.4) is 0 Å². The van der Waals surface area contributed by atoms with Gasteiger partial charge in [0.2, 0.25) is 0 Å². The first kappa shape index (κ1) is 26.2. The van der Waals surface area contributed by atoms with Gasteiger partial charge in [-0.1, -0.05) is 97.1 Å². The van der Waals surface area contributed by atoms with Crippen molar-refractivity contribution in [3.8, 4) is 0 Å². The molecule has 3 aromatic carbocycles. The van der Waals surface area contributed by atoms with Crippen LogP contribution in [0.1, 0.15) is 16.7 Å². The molecule has 1 N–H and O–H groups in total. The van der Waals surface area contributed by atoms with Crippen LogP contribution in [0.25, 0.3) is 0 Å². The molecule has 6 heteroatoms. The summed E-state index contributed by atoms with van der Waals surface area (Å²) < 4.78 is 30.6. The van der Waals surface area contributed by atoms with Crippen molar-refractivity contribution in [1.82, 2.24) is 0 Å². The second kappa shape index (κ2) is 14.0. The van der Waals surface area contributed by atoms with E-state index in [-0.39, 0.29) is 13.2 Å². The Balaban J connectivity index is 1.52. The maximum absolute atomic E-state index is 10.9. The van der Waals surface area contributed by atoms with Gasteiger partial charge in [0.15, 0.2) is 6.29 Å². The Morgan fingerprint density at radius 2 is 1.17 bits per heavy atom. The fourth-order valence-electron chi connectivity index (χ4n) is 4.18. The van der Waals surface area contributed by atoms with Crippen molar-refractivity contribution in [2.24, 2.45) is 0 Å². The second-order valence-corrected chi connectivity index (χ2v) is 8.67. The Labute approximate surface area is 213 Å². The molecule has 6 nitrogen and oxygen atoms in total. The Kier molecular flexibility index (Phi) is 10.2. The zero-order chi connectivity index (χ0) is 25.0. The average molecular weight is 491 g/mol. The minimum Gasteiger partial charge on any atom is -0.374 e. The van der Waals surface area contributed by atoms with E-state index in [1.165, 1.54) is 0 Å².